The van der Waals surface area contributed by atoms with Gasteiger partial charge in [0.15, 0.2) is 0 Å². The van der Waals surface area contributed by atoms with Crippen molar-refractivity contribution in [2.45, 2.75) is 45.7 Å². The number of hydrogen-bond donors (Lipinski definition) is 2. The van der Waals surface area contributed by atoms with Crippen molar-refractivity contribution in [3.8, 4) is 22.6 Å². The second-order valence-electron chi connectivity index (χ2n) is 7.00. The van der Waals surface area contributed by atoms with Crippen molar-refractivity contribution in [1.29, 1.82) is 0 Å². The molecule has 28 heavy (non-hydrogen) atoms. The summed E-state index contributed by atoms with van der Waals surface area (Å²) in [5.74, 6) is -0.859. The quantitative estimate of drug-likeness (QED) is 0.713. The van der Waals surface area contributed by atoms with Crippen molar-refractivity contribution < 1.29 is 32.5 Å². The Balaban J connectivity index is 1.89. The van der Waals surface area contributed by atoms with Crippen LogP contribution in [-0.4, -0.2) is 39.5 Å². The zero-order chi connectivity index (χ0) is 20.9. The van der Waals surface area contributed by atoms with Crippen LogP contribution in [0.25, 0.3) is 11.1 Å². The number of nitrogens with one attached hydrogen (secondary N) is 1. The number of halogens is 3. The summed E-state index contributed by atoms with van der Waals surface area (Å²) < 4.78 is 47.2. The van der Waals surface area contributed by atoms with Crippen molar-refractivity contribution in [3.63, 3.8) is 0 Å². The molecule has 2 N–H and O–H groups in total. The highest BCUT2D eigenvalue weighted by atomic mass is 19.4. The molecule has 0 fully saturated rings. The molecule has 10 heteroatoms. The predicted octanol–water partition coefficient (Wildman–Crippen LogP) is 4.07. The van der Waals surface area contributed by atoms with Crippen molar-refractivity contribution in [3.05, 3.63) is 30.6 Å². The van der Waals surface area contributed by atoms with Crippen LogP contribution in [0.1, 0.15) is 27.2 Å². The second-order valence-corrected chi connectivity index (χ2v) is 7.00. The molecule has 1 heterocycles. The summed E-state index contributed by atoms with van der Waals surface area (Å²) in [4.78, 5) is 11.5. The van der Waals surface area contributed by atoms with E-state index in [2.05, 4.69) is 15.2 Å². The minimum Gasteiger partial charge on any atom is -0.507 e. The highest BCUT2D eigenvalue weighted by molar-refractivity contribution is 5.70. The van der Waals surface area contributed by atoms with Gasteiger partial charge in [-0.1, -0.05) is 0 Å². The molecule has 0 atom stereocenters. The van der Waals surface area contributed by atoms with Crippen molar-refractivity contribution in [2.75, 3.05) is 6.54 Å². The lowest BCUT2D eigenvalue weighted by Crippen LogP contribution is -2.33. The minimum atomic E-state index is -4.83. The zero-order valence-corrected chi connectivity index (χ0v) is 15.7. The Morgan fingerprint density at radius 2 is 2.00 bits per heavy atom. The standard InChI is InChI=1S/C18H22F3N3O4/c1-17(2,3)28-16(26)22-7-4-8-24-11-12(10-23-24)14-6-5-13(9-15(14)25)27-18(19,20)21/h5-6,9-11,25H,4,7-8H2,1-3H3,(H,22,26). The number of carbonyl (C=O) groups excluding carboxylic acids is 1. The molecule has 0 saturated heterocycles. The number of aryl methyl sites for hydroxylation is 1. The summed E-state index contributed by atoms with van der Waals surface area (Å²) in [5, 5.41) is 16.7. The number of aromatic hydroxyl groups is 1. The first kappa shape index (κ1) is 21.4. The third-order valence-electron chi connectivity index (χ3n) is 3.38. The molecule has 0 aliphatic carbocycles. The molecule has 1 aromatic carbocycles. The number of aromatic nitrogens is 2. The van der Waals surface area contributed by atoms with Crippen molar-refractivity contribution in [1.82, 2.24) is 15.1 Å². The lowest BCUT2D eigenvalue weighted by Gasteiger charge is -2.19. The first-order chi connectivity index (χ1) is 12.9. The van der Waals surface area contributed by atoms with E-state index in [0.717, 1.165) is 12.1 Å². The predicted molar refractivity (Wildman–Crippen MR) is 94.9 cm³/mol. The van der Waals surface area contributed by atoms with Gasteiger partial charge in [-0.15, -0.1) is 13.2 Å². The summed E-state index contributed by atoms with van der Waals surface area (Å²) in [6.45, 7) is 6.20. The molecule has 0 aliphatic heterocycles. The van der Waals surface area contributed by atoms with E-state index >= 15 is 0 Å². The van der Waals surface area contributed by atoms with Gasteiger partial charge in [0.2, 0.25) is 0 Å². The fourth-order valence-corrected chi connectivity index (χ4v) is 2.32. The fourth-order valence-electron chi connectivity index (χ4n) is 2.32. The maximum Gasteiger partial charge on any atom is 0.573 e. The van der Waals surface area contributed by atoms with Gasteiger partial charge in [-0.3, -0.25) is 4.68 Å². The van der Waals surface area contributed by atoms with E-state index in [1.165, 1.54) is 12.3 Å². The molecule has 2 aromatic rings. The number of hydrogen-bond acceptors (Lipinski definition) is 5. The van der Waals surface area contributed by atoms with Gasteiger partial charge < -0.3 is 19.9 Å². The molecule has 1 aromatic heterocycles. The van der Waals surface area contributed by atoms with Crippen LogP contribution in [0.2, 0.25) is 0 Å². The van der Waals surface area contributed by atoms with Gasteiger partial charge in [-0.05, 0) is 39.3 Å². The Morgan fingerprint density at radius 3 is 2.61 bits per heavy atom. The summed E-state index contributed by atoms with van der Waals surface area (Å²) in [6, 6.07) is 3.33. The second kappa shape index (κ2) is 8.41. The molecule has 0 radical (unpaired) electrons. The molecule has 7 nitrogen and oxygen atoms in total. The molecule has 154 valence electrons. The number of alkyl carbamates (subject to hydrolysis) is 1. The first-order valence-electron chi connectivity index (χ1n) is 8.51. The fraction of sp³-hybridized carbons (Fsp3) is 0.444. The molecule has 0 spiro atoms. The number of phenols is 1. The Kier molecular flexibility index (Phi) is 6.42. The summed E-state index contributed by atoms with van der Waals surface area (Å²) in [5.41, 5.74) is 0.299. The number of carbonyl (C=O) groups is 1. The van der Waals surface area contributed by atoms with E-state index in [1.807, 2.05) is 0 Å². The molecule has 0 saturated carbocycles. The van der Waals surface area contributed by atoms with Crippen LogP contribution in [0.3, 0.4) is 0 Å². The number of nitrogens with zero attached hydrogens (tertiary/aromatic N) is 2. The molecular formula is C18H22F3N3O4. The summed E-state index contributed by atoms with van der Waals surface area (Å²) in [6.07, 6.45) is -1.61. The Hall–Kier alpha value is -2.91. The third-order valence-corrected chi connectivity index (χ3v) is 3.38. The molecule has 0 unspecified atom stereocenters. The van der Waals surface area contributed by atoms with Gasteiger partial charge in [-0.25, -0.2) is 4.79 Å². The third kappa shape index (κ3) is 7.01. The van der Waals surface area contributed by atoms with Crippen LogP contribution in [0.4, 0.5) is 18.0 Å². The number of ether oxygens (including phenoxy) is 2. The molecule has 1 amide bonds. The Bertz CT molecular complexity index is 813. The highest BCUT2D eigenvalue weighted by Crippen LogP contribution is 2.34. The Labute approximate surface area is 160 Å². The monoisotopic (exact) mass is 401 g/mol. The van der Waals surface area contributed by atoms with E-state index in [4.69, 9.17) is 4.74 Å². The van der Waals surface area contributed by atoms with Crippen LogP contribution >= 0.6 is 0 Å². The topological polar surface area (TPSA) is 85.6 Å². The maximum absolute atomic E-state index is 12.2. The van der Waals surface area contributed by atoms with E-state index in [0.29, 0.717) is 30.6 Å². The molecular weight excluding hydrogens is 379 g/mol. The molecule has 2 rings (SSSR count). The number of rotatable bonds is 6. The highest BCUT2D eigenvalue weighted by Gasteiger charge is 2.31. The van der Waals surface area contributed by atoms with Crippen LogP contribution in [0.15, 0.2) is 30.6 Å². The lowest BCUT2D eigenvalue weighted by atomic mass is 10.1. The van der Waals surface area contributed by atoms with E-state index in [-0.39, 0.29) is 5.75 Å². The molecule has 0 bridgehead atoms. The average Bonchev–Trinajstić information content (AvgIpc) is 2.97. The van der Waals surface area contributed by atoms with Gasteiger partial charge >= 0.3 is 12.5 Å². The van der Waals surface area contributed by atoms with Crippen molar-refractivity contribution in [2.24, 2.45) is 0 Å². The number of amides is 1. The molecule has 0 aliphatic rings. The van der Waals surface area contributed by atoms with Crippen molar-refractivity contribution >= 4 is 6.09 Å². The van der Waals surface area contributed by atoms with Crippen LogP contribution < -0.4 is 10.1 Å². The summed E-state index contributed by atoms with van der Waals surface area (Å²) in [7, 11) is 0. The van der Waals surface area contributed by atoms with Gasteiger partial charge in [0.05, 0.1) is 6.20 Å². The SMILES string of the molecule is CC(C)(C)OC(=O)NCCCn1cc(-c2ccc(OC(F)(F)F)cc2O)cn1. The minimum absolute atomic E-state index is 0.327. The smallest absolute Gasteiger partial charge is 0.507 e. The number of phenolic OH excluding ortho intramolecular Hbond substituents is 1. The van der Waals surface area contributed by atoms with E-state index < -0.39 is 23.8 Å². The average molecular weight is 401 g/mol. The van der Waals surface area contributed by atoms with Gasteiger partial charge in [-0.2, -0.15) is 5.10 Å². The maximum atomic E-state index is 12.2. The normalized spacial score (nSPS) is 11.9. The van der Waals surface area contributed by atoms with Gasteiger partial charge in [0.25, 0.3) is 0 Å². The van der Waals surface area contributed by atoms with Gasteiger partial charge in [0, 0.05) is 36.5 Å². The Morgan fingerprint density at radius 1 is 1.29 bits per heavy atom. The zero-order valence-electron chi connectivity index (χ0n) is 15.7. The van der Waals surface area contributed by atoms with E-state index in [1.54, 1.807) is 31.6 Å². The van der Waals surface area contributed by atoms with E-state index in [9.17, 15) is 23.1 Å². The van der Waals surface area contributed by atoms with Gasteiger partial charge in [0.1, 0.15) is 17.1 Å². The number of alkyl halides is 3. The van der Waals surface area contributed by atoms with Crippen LogP contribution in [-0.2, 0) is 11.3 Å². The lowest BCUT2D eigenvalue weighted by molar-refractivity contribution is -0.274. The van der Waals surface area contributed by atoms with Crippen LogP contribution in [0.5, 0.6) is 11.5 Å². The van der Waals surface area contributed by atoms with Crippen LogP contribution in [0, 0.1) is 0 Å². The first-order valence-corrected chi connectivity index (χ1v) is 8.51. The summed E-state index contributed by atoms with van der Waals surface area (Å²) >= 11 is 0. The number of benzene rings is 1. The largest absolute Gasteiger partial charge is 0.573 e.